The van der Waals surface area contributed by atoms with Gasteiger partial charge in [0.1, 0.15) is 0 Å². The highest BCUT2D eigenvalue weighted by molar-refractivity contribution is 7.98. The third-order valence-electron chi connectivity index (χ3n) is 1.63. The second-order valence-electron chi connectivity index (χ2n) is 2.44. The molecular weight excluding hydrogens is 154 g/mol. The average molecular weight is 167 g/mol. The quantitative estimate of drug-likeness (QED) is 0.698. The Bertz CT molecular complexity index is 223. The van der Waals surface area contributed by atoms with Crippen LogP contribution in [0.5, 0.6) is 0 Å². The maximum absolute atomic E-state index is 5.75. The summed E-state index contributed by atoms with van der Waals surface area (Å²) in [4.78, 5) is 0. The van der Waals surface area contributed by atoms with E-state index in [9.17, 15) is 0 Å². The first-order valence-corrected chi connectivity index (χ1v) is 5.06. The van der Waals surface area contributed by atoms with Crippen molar-refractivity contribution in [3.8, 4) is 0 Å². The minimum Gasteiger partial charge on any atom is -0.399 e. The van der Waals surface area contributed by atoms with Crippen molar-refractivity contribution < 1.29 is 0 Å². The molecule has 0 bridgehead atoms. The molecule has 0 aliphatic rings. The van der Waals surface area contributed by atoms with Gasteiger partial charge >= 0.3 is 0 Å². The van der Waals surface area contributed by atoms with Crippen LogP contribution >= 0.6 is 11.8 Å². The normalized spacial score (nSPS) is 9.91. The van der Waals surface area contributed by atoms with E-state index in [2.05, 4.69) is 12.3 Å². The zero-order valence-electron chi connectivity index (χ0n) is 6.71. The number of para-hydroxylation sites is 1. The molecule has 1 aromatic carbocycles. The molecule has 0 fully saturated rings. The summed E-state index contributed by atoms with van der Waals surface area (Å²) in [6.45, 7) is 0. The van der Waals surface area contributed by atoms with Gasteiger partial charge in [0.15, 0.2) is 0 Å². The van der Waals surface area contributed by atoms with Crippen molar-refractivity contribution in [1.82, 2.24) is 0 Å². The largest absolute Gasteiger partial charge is 0.399 e. The minimum absolute atomic E-state index is 0.918. The Morgan fingerprint density at radius 1 is 1.36 bits per heavy atom. The number of thioether (sulfide) groups is 1. The Morgan fingerprint density at radius 2 is 2.09 bits per heavy atom. The summed E-state index contributed by atoms with van der Waals surface area (Å²) in [5.74, 6) is 1.15. The number of hydrogen-bond donors (Lipinski definition) is 1. The molecule has 0 saturated carbocycles. The first-order valence-electron chi connectivity index (χ1n) is 3.67. The van der Waals surface area contributed by atoms with Crippen molar-refractivity contribution in [1.29, 1.82) is 0 Å². The lowest BCUT2D eigenvalue weighted by atomic mass is 10.1. The number of nitrogen functional groups attached to an aromatic ring is 1. The van der Waals surface area contributed by atoms with Crippen LogP contribution < -0.4 is 5.73 Å². The number of nitrogens with two attached hydrogens (primary N) is 1. The van der Waals surface area contributed by atoms with Crippen LogP contribution in [0.15, 0.2) is 24.3 Å². The van der Waals surface area contributed by atoms with Gasteiger partial charge < -0.3 is 5.73 Å². The topological polar surface area (TPSA) is 26.0 Å². The fourth-order valence-corrected chi connectivity index (χ4v) is 1.40. The smallest absolute Gasteiger partial charge is 0.0346 e. The molecule has 0 unspecified atom stereocenters. The third kappa shape index (κ3) is 2.46. The lowest BCUT2D eigenvalue weighted by Gasteiger charge is -2.02. The van der Waals surface area contributed by atoms with E-state index in [4.69, 9.17) is 5.73 Å². The molecule has 0 aliphatic carbocycles. The molecule has 0 amide bonds. The van der Waals surface area contributed by atoms with Gasteiger partial charge in [0.05, 0.1) is 0 Å². The first-order chi connectivity index (χ1) is 5.34. The van der Waals surface area contributed by atoms with Gasteiger partial charge in [0.25, 0.3) is 0 Å². The second kappa shape index (κ2) is 4.29. The summed E-state index contributed by atoms with van der Waals surface area (Å²) >= 11 is 1.85. The molecule has 1 nitrogen and oxygen atoms in total. The van der Waals surface area contributed by atoms with Crippen LogP contribution in [0.3, 0.4) is 0 Å². The lowest BCUT2D eigenvalue weighted by molar-refractivity contribution is 1.16. The maximum atomic E-state index is 5.75. The van der Waals surface area contributed by atoms with E-state index in [-0.39, 0.29) is 0 Å². The maximum Gasteiger partial charge on any atom is 0.0346 e. The molecular formula is C9H13NS. The van der Waals surface area contributed by atoms with Gasteiger partial charge in [-0.2, -0.15) is 11.8 Å². The number of rotatable bonds is 3. The van der Waals surface area contributed by atoms with Crippen LogP contribution in [0.2, 0.25) is 0 Å². The van der Waals surface area contributed by atoms with Gasteiger partial charge in [-0.05, 0) is 30.1 Å². The predicted molar refractivity (Wildman–Crippen MR) is 52.9 cm³/mol. The molecule has 2 heteroatoms. The summed E-state index contributed by atoms with van der Waals surface area (Å²) in [5.41, 5.74) is 7.94. The van der Waals surface area contributed by atoms with E-state index in [1.165, 1.54) is 5.56 Å². The zero-order chi connectivity index (χ0) is 8.10. The molecule has 1 aromatic rings. The van der Waals surface area contributed by atoms with E-state index in [1.54, 1.807) is 0 Å². The predicted octanol–water partition coefficient (Wildman–Crippen LogP) is 2.17. The average Bonchev–Trinajstić information content (AvgIpc) is 2.03. The van der Waals surface area contributed by atoms with E-state index in [1.807, 2.05) is 30.0 Å². The summed E-state index contributed by atoms with van der Waals surface area (Å²) in [7, 11) is 0. The number of benzene rings is 1. The number of hydrogen-bond acceptors (Lipinski definition) is 2. The van der Waals surface area contributed by atoms with Crippen LogP contribution in [-0.4, -0.2) is 12.0 Å². The molecule has 0 radical (unpaired) electrons. The molecule has 0 aromatic heterocycles. The molecule has 60 valence electrons. The highest BCUT2D eigenvalue weighted by Crippen LogP contribution is 2.12. The third-order valence-corrected chi connectivity index (χ3v) is 2.24. The Balaban J connectivity index is 2.62. The molecule has 0 aliphatic heterocycles. The van der Waals surface area contributed by atoms with Gasteiger partial charge in [-0.3, -0.25) is 0 Å². The van der Waals surface area contributed by atoms with Crippen LogP contribution in [0.25, 0.3) is 0 Å². The minimum atomic E-state index is 0.918. The van der Waals surface area contributed by atoms with Crippen molar-refractivity contribution >= 4 is 17.4 Å². The van der Waals surface area contributed by atoms with E-state index >= 15 is 0 Å². The highest BCUT2D eigenvalue weighted by atomic mass is 32.2. The van der Waals surface area contributed by atoms with Gasteiger partial charge in [-0.1, -0.05) is 18.2 Å². The van der Waals surface area contributed by atoms with Gasteiger partial charge in [0.2, 0.25) is 0 Å². The molecule has 0 saturated heterocycles. The fourth-order valence-electron chi connectivity index (χ4n) is 0.974. The van der Waals surface area contributed by atoms with Crippen LogP contribution in [0.1, 0.15) is 5.56 Å². The van der Waals surface area contributed by atoms with Crippen molar-refractivity contribution in [2.75, 3.05) is 17.7 Å². The molecule has 0 spiro atoms. The van der Waals surface area contributed by atoms with Crippen molar-refractivity contribution in [3.05, 3.63) is 29.8 Å². The fraction of sp³-hybridized carbons (Fsp3) is 0.333. The summed E-state index contributed by atoms with van der Waals surface area (Å²) < 4.78 is 0. The lowest BCUT2D eigenvalue weighted by Crippen LogP contribution is -1.94. The first kappa shape index (κ1) is 8.47. The Kier molecular flexibility index (Phi) is 3.30. The van der Waals surface area contributed by atoms with Crippen molar-refractivity contribution in [2.24, 2.45) is 0 Å². The molecule has 0 heterocycles. The molecule has 1 rings (SSSR count). The molecule has 2 N–H and O–H groups in total. The van der Waals surface area contributed by atoms with Crippen molar-refractivity contribution in [3.63, 3.8) is 0 Å². The molecule has 11 heavy (non-hydrogen) atoms. The Labute approximate surface area is 72.0 Å². The van der Waals surface area contributed by atoms with Crippen LogP contribution in [0.4, 0.5) is 5.69 Å². The van der Waals surface area contributed by atoms with Gasteiger partial charge in [0, 0.05) is 5.69 Å². The van der Waals surface area contributed by atoms with E-state index < -0.39 is 0 Å². The monoisotopic (exact) mass is 167 g/mol. The Hall–Kier alpha value is -0.630. The summed E-state index contributed by atoms with van der Waals surface area (Å²) in [5, 5.41) is 0. The van der Waals surface area contributed by atoms with Gasteiger partial charge in [-0.15, -0.1) is 0 Å². The zero-order valence-corrected chi connectivity index (χ0v) is 7.53. The second-order valence-corrected chi connectivity index (χ2v) is 3.43. The van der Waals surface area contributed by atoms with Crippen LogP contribution in [0, 0.1) is 0 Å². The number of aryl methyl sites for hydroxylation is 1. The summed E-state index contributed by atoms with van der Waals surface area (Å²) in [6.07, 6.45) is 3.19. The molecule has 0 atom stereocenters. The van der Waals surface area contributed by atoms with E-state index in [0.717, 1.165) is 17.9 Å². The summed E-state index contributed by atoms with van der Waals surface area (Å²) in [6, 6.07) is 8.05. The van der Waals surface area contributed by atoms with E-state index in [0.29, 0.717) is 0 Å². The van der Waals surface area contributed by atoms with Crippen molar-refractivity contribution in [2.45, 2.75) is 6.42 Å². The Morgan fingerprint density at radius 3 is 2.73 bits per heavy atom. The standard InChI is InChI=1S/C9H13NS/c1-11-7-6-8-4-2-3-5-9(8)10/h2-5H,6-7,10H2,1H3. The highest BCUT2D eigenvalue weighted by Gasteiger charge is 1.95. The SMILES string of the molecule is CSCCc1ccccc1N. The number of anilines is 1. The van der Waals surface area contributed by atoms with Gasteiger partial charge in [-0.25, -0.2) is 0 Å². The van der Waals surface area contributed by atoms with Crippen LogP contribution in [-0.2, 0) is 6.42 Å².